The lowest BCUT2D eigenvalue weighted by atomic mass is 9.99. The largest absolute Gasteiger partial charge is 0.392 e. The third-order valence-corrected chi connectivity index (χ3v) is 7.08. The molecule has 1 aliphatic rings. The molecule has 2 heterocycles. The number of nitrogens with zero attached hydrogens (tertiary/aromatic N) is 2. The van der Waals surface area contributed by atoms with Crippen molar-refractivity contribution in [3.05, 3.63) is 101 Å². The molecule has 2 aromatic carbocycles. The van der Waals surface area contributed by atoms with Crippen molar-refractivity contribution in [3.63, 3.8) is 0 Å². The third-order valence-electron chi connectivity index (χ3n) is 6.57. The Bertz CT molecular complexity index is 1190. The maximum absolute atomic E-state index is 11.8. The molecule has 39 heavy (non-hydrogen) atoms. The SMILES string of the molecule is CN(CCc1ccccn1)C[C@H]1C[C@@H](c2ccc(CO)cc2)O[C@@H](c2ccc(CNC(=O)C(Cl)(Cl)Cl)cc2)O1. The Balaban J connectivity index is 1.44. The number of hydrogen-bond acceptors (Lipinski definition) is 6. The van der Waals surface area contributed by atoms with Crippen LogP contribution in [-0.2, 0) is 33.8 Å². The molecule has 1 amide bonds. The molecule has 7 nitrogen and oxygen atoms in total. The van der Waals surface area contributed by atoms with Gasteiger partial charge in [0, 0.05) is 49.9 Å². The van der Waals surface area contributed by atoms with Crippen molar-refractivity contribution in [1.82, 2.24) is 15.2 Å². The van der Waals surface area contributed by atoms with Gasteiger partial charge in [-0.1, -0.05) is 89.4 Å². The minimum atomic E-state index is -2.01. The van der Waals surface area contributed by atoms with Crippen molar-refractivity contribution in [3.8, 4) is 0 Å². The van der Waals surface area contributed by atoms with Crippen molar-refractivity contribution in [2.24, 2.45) is 0 Å². The zero-order chi connectivity index (χ0) is 27.8. The van der Waals surface area contributed by atoms with Crippen molar-refractivity contribution < 1.29 is 19.4 Å². The molecule has 0 saturated carbocycles. The van der Waals surface area contributed by atoms with E-state index in [2.05, 4.69) is 22.2 Å². The van der Waals surface area contributed by atoms with Crippen LogP contribution in [0.2, 0.25) is 0 Å². The first-order valence-corrected chi connectivity index (χ1v) is 13.9. The molecular weight excluding hydrogens is 561 g/mol. The minimum Gasteiger partial charge on any atom is -0.392 e. The van der Waals surface area contributed by atoms with Crippen LogP contribution in [0.25, 0.3) is 0 Å². The van der Waals surface area contributed by atoms with E-state index in [0.29, 0.717) is 6.42 Å². The summed E-state index contributed by atoms with van der Waals surface area (Å²) in [6.45, 7) is 1.81. The monoisotopic (exact) mass is 591 g/mol. The van der Waals surface area contributed by atoms with Gasteiger partial charge in [0.05, 0.1) is 18.8 Å². The van der Waals surface area contributed by atoms with Crippen LogP contribution in [0.1, 0.15) is 46.8 Å². The molecule has 4 rings (SSSR count). The van der Waals surface area contributed by atoms with Gasteiger partial charge in [0.2, 0.25) is 0 Å². The summed E-state index contributed by atoms with van der Waals surface area (Å²) in [5, 5.41) is 12.0. The lowest BCUT2D eigenvalue weighted by Crippen LogP contribution is -2.38. The van der Waals surface area contributed by atoms with E-state index >= 15 is 0 Å². The van der Waals surface area contributed by atoms with Crippen LogP contribution < -0.4 is 5.32 Å². The highest BCUT2D eigenvalue weighted by Gasteiger charge is 2.33. The number of alkyl halides is 3. The highest BCUT2D eigenvalue weighted by atomic mass is 35.6. The predicted molar refractivity (Wildman–Crippen MR) is 152 cm³/mol. The maximum atomic E-state index is 11.8. The van der Waals surface area contributed by atoms with E-state index in [1.165, 1.54) is 0 Å². The number of pyridine rings is 1. The Labute approximate surface area is 244 Å². The van der Waals surface area contributed by atoms with Gasteiger partial charge >= 0.3 is 0 Å². The molecule has 0 aliphatic carbocycles. The van der Waals surface area contributed by atoms with Gasteiger partial charge < -0.3 is 24.8 Å². The Morgan fingerprint density at radius 3 is 2.36 bits per heavy atom. The van der Waals surface area contributed by atoms with E-state index in [-0.39, 0.29) is 25.4 Å². The molecule has 3 aromatic rings. The first kappa shape index (κ1) is 29.7. The lowest BCUT2D eigenvalue weighted by Gasteiger charge is -2.38. The molecule has 10 heteroatoms. The minimum absolute atomic E-state index is 0.00427. The van der Waals surface area contributed by atoms with Gasteiger partial charge in [-0.05, 0) is 35.9 Å². The molecule has 0 unspecified atom stereocenters. The van der Waals surface area contributed by atoms with Gasteiger partial charge in [-0.15, -0.1) is 0 Å². The zero-order valence-electron chi connectivity index (χ0n) is 21.6. The Hall–Kier alpha value is -2.23. The number of carbonyl (C=O) groups excluding carboxylic acids is 1. The quantitative estimate of drug-likeness (QED) is 0.312. The van der Waals surface area contributed by atoms with E-state index in [4.69, 9.17) is 44.3 Å². The summed E-state index contributed by atoms with van der Waals surface area (Å²) in [5.41, 5.74) is 4.66. The Kier molecular flexibility index (Phi) is 10.6. The summed E-state index contributed by atoms with van der Waals surface area (Å²) in [6.07, 6.45) is 2.56. The molecule has 1 aromatic heterocycles. The molecular formula is C29H32Cl3N3O4. The summed E-state index contributed by atoms with van der Waals surface area (Å²) in [6, 6.07) is 21.4. The number of aliphatic hydroxyl groups is 1. The van der Waals surface area contributed by atoms with E-state index in [9.17, 15) is 9.90 Å². The fourth-order valence-electron chi connectivity index (χ4n) is 4.40. The molecule has 0 radical (unpaired) electrons. The number of aliphatic hydroxyl groups excluding tert-OH is 1. The number of amides is 1. The first-order valence-electron chi connectivity index (χ1n) is 12.7. The predicted octanol–water partition coefficient (Wildman–Crippen LogP) is 5.28. The number of carbonyl (C=O) groups is 1. The fourth-order valence-corrected chi connectivity index (χ4v) is 4.60. The van der Waals surface area contributed by atoms with E-state index in [0.717, 1.165) is 47.5 Å². The van der Waals surface area contributed by atoms with Gasteiger partial charge in [-0.25, -0.2) is 0 Å². The Morgan fingerprint density at radius 1 is 1.03 bits per heavy atom. The molecule has 208 valence electrons. The molecule has 3 atom stereocenters. The number of benzene rings is 2. The van der Waals surface area contributed by atoms with Crippen molar-refractivity contribution in [2.45, 2.75) is 48.3 Å². The zero-order valence-corrected chi connectivity index (χ0v) is 23.9. The molecule has 0 spiro atoms. The number of likely N-dealkylation sites (N-methyl/N-ethyl adjacent to an activating group) is 1. The average molecular weight is 593 g/mol. The smallest absolute Gasteiger partial charge is 0.272 e. The number of nitrogens with one attached hydrogen (secondary N) is 1. The average Bonchev–Trinajstić information content (AvgIpc) is 2.95. The van der Waals surface area contributed by atoms with E-state index in [1.807, 2.05) is 72.9 Å². The van der Waals surface area contributed by atoms with Crippen LogP contribution in [0.5, 0.6) is 0 Å². The summed E-state index contributed by atoms with van der Waals surface area (Å²) in [5.74, 6) is -0.680. The van der Waals surface area contributed by atoms with Crippen LogP contribution >= 0.6 is 34.8 Å². The molecule has 0 bridgehead atoms. The van der Waals surface area contributed by atoms with Crippen LogP contribution in [0.3, 0.4) is 0 Å². The number of aromatic nitrogens is 1. The van der Waals surface area contributed by atoms with Crippen LogP contribution in [0.15, 0.2) is 72.9 Å². The topological polar surface area (TPSA) is 83.9 Å². The molecule has 1 fully saturated rings. The van der Waals surface area contributed by atoms with E-state index in [1.54, 1.807) is 0 Å². The molecule has 1 aliphatic heterocycles. The standard InChI is InChI=1S/C29H32Cl3N3O4/c1-35(15-13-24-4-2-3-14-33-24)18-25-16-26(22-9-7-21(19-36)8-10-22)39-27(38-25)23-11-5-20(6-12-23)17-34-28(37)29(30,31)32/h2-12,14,25-27,36H,13,15-19H2,1H3,(H,34,37)/t25-,26+,27+/m1/s1. The molecule has 2 N–H and O–H groups in total. The van der Waals surface area contributed by atoms with Crippen LogP contribution in [0, 0.1) is 0 Å². The van der Waals surface area contributed by atoms with Crippen LogP contribution in [0.4, 0.5) is 0 Å². The van der Waals surface area contributed by atoms with E-state index < -0.39 is 16.0 Å². The van der Waals surface area contributed by atoms with Crippen LogP contribution in [-0.4, -0.2) is 50.9 Å². The summed E-state index contributed by atoms with van der Waals surface area (Å²) < 4.78 is 10.8. The highest BCUT2D eigenvalue weighted by Crippen LogP contribution is 2.38. The lowest BCUT2D eigenvalue weighted by molar-refractivity contribution is -0.252. The van der Waals surface area contributed by atoms with Crippen molar-refractivity contribution in [1.29, 1.82) is 0 Å². The van der Waals surface area contributed by atoms with Gasteiger partial charge in [0.25, 0.3) is 9.70 Å². The van der Waals surface area contributed by atoms with Gasteiger partial charge in [0.15, 0.2) is 6.29 Å². The van der Waals surface area contributed by atoms with Gasteiger partial charge in [-0.3, -0.25) is 9.78 Å². The Morgan fingerprint density at radius 2 is 1.72 bits per heavy atom. The third kappa shape index (κ3) is 8.88. The fraction of sp³-hybridized carbons (Fsp3) is 0.379. The first-order chi connectivity index (χ1) is 18.7. The second-order valence-electron chi connectivity index (χ2n) is 9.61. The number of rotatable bonds is 10. The maximum Gasteiger partial charge on any atom is 0.272 e. The number of hydrogen-bond donors (Lipinski definition) is 2. The van der Waals surface area contributed by atoms with Crippen molar-refractivity contribution in [2.75, 3.05) is 20.1 Å². The van der Waals surface area contributed by atoms with Gasteiger partial charge in [-0.2, -0.15) is 0 Å². The van der Waals surface area contributed by atoms with Gasteiger partial charge in [0.1, 0.15) is 0 Å². The normalized spacial score (nSPS) is 19.7. The second kappa shape index (κ2) is 13.9. The highest BCUT2D eigenvalue weighted by molar-refractivity contribution is 6.76. The second-order valence-corrected chi connectivity index (χ2v) is 11.9. The number of ether oxygens (including phenoxy) is 2. The summed E-state index contributed by atoms with van der Waals surface area (Å²) in [4.78, 5) is 18.5. The number of halogens is 3. The molecule has 1 saturated heterocycles. The summed E-state index contributed by atoms with van der Waals surface area (Å²) in [7, 11) is 2.09. The van der Waals surface area contributed by atoms with Crippen molar-refractivity contribution >= 4 is 40.7 Å². The summed E-state index contributed by atoms with van der Waals surface area (Å²) >= 11 is 16.9.